The molecule has 1 saturated heterocycles. The second-order valence-corrected chi connectivity index (χ2v) is 7.62. The minimum Gasteiger partial charge on any atom is -0.495 e. The molecule has 1 aromatic rings. The second-order valence-electron chi connectivity index (χ2n) is 7.25. The predicted octanol–water partition coefficient (Wildman–Crippen LogP) is 3.29. The van der Waals surface area contributed by atoms with Gasteiger partial charge in [-0.05, 0) is 31.0 Å². The van der Waals surface area contributed by atoms with E-state index in [1.54, 1.807) is 26.4 Å². The van der Waals surface area contributed by atoms with Crippen LogP contribution in [0.3, 0.4) is 0 Å². The Bertz CT molecular complexity index is 813. The lowest BCUT2D eigenvalue weighted by Crippen LogP contribution is -2.60. The number of aliphatic hydroxyl groups is 1. The Labute approximate surface area is 188 Å². The Hall–Kier alpha value is -2.26. The molecule has 0 radical (unpaired) electrons. The normalized spacial score (nSPS) is 20.3. The SMILES string of the molecule is COCCNc1cc(C/C(C)=C/C=C/[C@@H](OC)[C@@]2(O)CCOC(=O)N2)cc(OC)c1Cl. The van der Waals surface area contributed by atoms with E-state index in [-0.39, 0.29) is 13.0 Å². The summed E-state index contributed by atoms with van der Waals surface area (Å²) in [6.07, 6.45) is 4.95. The standard InChI is InChI=1S/C22H31ClN2O6/c1-15(6-5-7-19(30-4)22(27)8-10-31-21(26)25-22)12-16-13-17(24-9-11-28-2)20(23)18(14-16)29-3/h5-7,13-14,19,24,27H,8-12H2,1-4H3,(H,25,26)/b7-5+,15-6+/t19-,22+/m1/s1. The molecule has 1 amide bonds. The topological polar surface area (TPSA) is 98.3 Å². The van der Waals surface area contributed by atoms with Crippen molar-refractivity contribution in [3.8, 4) is 5.75 Å². The van der Waals surface area contributed by atoms with Crippen molar-refractivity contribution < 1.29 is 28.8 Å². The monoisotopic (exact) mass is 454 g/mol. The Morgan fingerprint density at radius 2 is 2.19 bits per heavy atom. The maximum atomic E-state index is 11.5. The largest absolute Gasteiger partial charge is 0.495 e. The van der Waals surface area contributed by atoms with E-state index in [2.05, 4.69) is 10.6 Å². The van der Waals surface area contributed by atoms with Crippen molar-refractivity contribution in [3.63, 3.8) is 0 Å². The number of rotatable bonds is 11. The molecule has 0 aliphatic carbocycles. The van der Waals surface area contributed by atoms with Gasteiger partial charge in [0.2, 0.25) is 0 Å². The summed E-state index contributed by atoms with van der Waals surface area (Å²) < 4.78 is 20.6. The smallest absolute Gasteiger partial charge is 0.409 e. The third-order valence-corrected chi connectivity index (χ3v) is 5.24. The van der Waals surface area contributed by atoms with Gasteiger partial charge in [-0.1, -0.05) is 35.4 Å². The minimum atomic E-state index is -1.51. The Morgan fingerprint density at radius 1 is 1.42 bits per heavy atom. The first-order valence-corrected chi connectivity index (χ1v) is 10.3. The number of methoxy groups -OCH3 is 3. The first-order chi connectivity index (χ1) is 14.8. The molecule has 172 valence electrons. The Kier molecular flexibility index (Phi) is 9.64. The summed E-state index contributed by atoms with van der Waals surface area (Å²) >= 11 is 6.40. The molecule has 2 atom stereocenters. The molecule has 0 spiro atoms. The van der Waals surface area contributed by atoms with Gasteiger partial charge in [0.1, 0.15) is 16.9 Å². The van der Waals surface area contributed by atoms with E-state index in [0.717, 1.165) is 16.8 Å². The van der Waals surface area contributed by atoms with Crippen LogP contribution in [0.2, 0.25) is 5.02 Å². The average molecular weight is 455 g/mol. The fourth-order valence-corrected chi connectivity index (χ4v) is 3.50. The maximum absolute atomic E-state index is 11.5. The Balaban J connectivity index is 2.09. The summed E-state index contributed by atoms with van der Waals surface area (Å²) in [5, 5.41) is 16.9. The summed E-state index contributed by atoms with van der Waals surface area (Å²) in [6, 6.07) is 3.89. The molecule has 1 heterocycles. The molecular weight excluding hydrogens is 424 g/mol. The van der Waals surface area contributed by atoms with Crippen LogP contribution in [-0.4, -0.2) is 64.1 Å². The summed E-state index contributed by atoms with van der Waals surface area (Å²) in [4.78, 5) is 11.5. The molecule has 0 unspecified atom stereocenters. The molecule has 8 nitrogen and oxygen atoms in total. The van der Waals surface area contributed by atoms with Crippen molar-refractivity contribution in [3.05, 3.63) is 46.5 Å². The van der Waals surface area contributed by atoms with E-state index in [1.165, 1.54) is 7.11 Å². The summed E-state index contributed by atoms with van der Waals surface area (Å²) in [5.74, 6) is 0.597. The van der Waals surface area contributed by atoms with Crippen molar-refractivity contribution >= 4 is 23.4 Å². The predicted molar refractivity (Wildman–Crippen MR) is 120 cm³/mol. The number of anilines is 1. The van der Waals surface area contributed by atoms with Gasteiger partial charge in [-0.25, -0.2) is 4.79 Å². The molecule has 2 rings (SSSR count). The van der Waals surface area contributed by atoms with E-state index >= 15 is 0 Å². The van der Waals surface area contributed by atoms with Crippen LogP contribution in [0.1, 0.15) is 18.9 Å². The molecule has 1 aliphatic rings. The number of nitrogens with one attached hydrogen (secondary N) is 2. The highest BCUT2D eigenvalue weighted by Crippen LogP contribution is 2.34. The number of benzene rings is 1. The number of cyclic esters (lactones) is 1. The van der Waals surface area contributed by atoms with Crippen LogP contribution in [-0.2, 0) is 20.6 Å². The Morgan fingerprint density at radius 3 is 2.84 bits per heavy atom. The third-order valence-electron chi connectivity index (χ3n) is 4.85. The van der Waals surface area contributed by atoms with Gasteiger partial charge in [0.25, 0.3) is 0 Å². The van der Waals surface area contributed by atoms with Gasteiger partial charge in [0.15, 0.2) is 5.72 Å². The van der Waals surface area contributed by atoms with Crippen LogP contribution in [0.15, 0.2) is 35.9 Å². The highest BCUT2D eigenvalue weighted by Gasteiger charge is 2.40. The average Bonchev–Trinajstić information content (AvgIpc) is 2.73. The number of hydrogen-bond acceptors (Lipinski definition) is 7. The number of carbonyl (C=O) groups is 1. The number of halogens is 1. The lowest BCUT2D eigenvalue weighted by molar-refractivity contribution is -0.116. The van der Waals surface area contributed by atoms with Crippen LogP contribution < -0.4 is 15.4 Å². The highest BCUT2D eigenvalue weighted by atomic mass is 35.5. The van der Waals surface area contributed by atoms with Crippen molar-refractivity contribution in [2.24, 2.45) is 0 Å². The lowest BCUT2D eigenvalue weighted by Gasteiger charge is -2.36. The molecule has 0 aromatic heterocycles. The molecule has 0 bridgehead atoms. The molecule has 1 aliphatic heterocycles. The zero-order valence-corrected chi connectivity index (χ0v) is 19.1. The zero-order valence-electron chi connectivity index (χ0n) is 18.4. The van der Waals surface area contributed by atoms with Crippen LogP contribution in [0.5, 0.6) is 5.75 Å². The van der Waals surface area contributed by atoms with Gasteiger partial charge in [-0.3, -0.25) is 5.32 Å². The maximum Gasteiger partial charge on any atom is 0.409 e. The number of carbonyl (C=O) groups excluding carboxylic acids is 1. The van der Waals surface area contributed by atoms with Crippen molar-refractivity contribution in [1.82, 2.24) is 5.32 Å². The van der Waals surface area contributed by atoms with E-state index in [1.807, 2.05) is 25.1 Å². The number of allylic oxidation sites excluding steroid dienone is 3. The number of alkyl carbamates (subject to hydrolysis) is 1. The molecule has 0 saturated carbocycles. The molecule has 1 fully saturated rings. The van der Waals surface area contributed by atoms with Gasteiger partial charge in [-0.2, -0.15) is 0 Å². The van der Waals surface area contributed by atoms with Gasteiger partial charge >= 0.3 is 6.09 Å². The lowest BCUT2D eigenvalue weighted by atomic mass is 10.0. The zero-order chi connectivity index (χ0) is 22.9. The fourth-order valence-electron chi connectivity index (χ4n) is 3.24. The van der Waals surface area contributed by atoms with Gasteiger partial charge in [0.05, 0.1) is 26.0 Å². The van der Waals surface area contributed by atoms with E-state index in [4.69, 9.17) is 30.5 Å². The molecule has 1 aromatic carbocycles. The van der Waals surface area contributed by atoms with E-state index in [9.17, 15) is 9.90 Å². The van der Waals surface area contributed by atoms with Crippen molar-refractivity contribution in [1.29, 1.82) is 0 Å². The first-order valence-electron chi connectivity index (χ1n) is 9.96. The van der Waals surface area contributed by atoms with E-state index < -0.39 is 17.9 Å². The molecule has 31 heavy (non-hydrogen) atoms. The quantitative estimate of drug-likeness (QED) is 0.348. The summed E-state index contributed by atoms with van der Waals surface area (Å²) in [5.41, 5.74) is 1.38. The number of hydrogen-bond donors (Lipinski definition) is 3. The molecular formula is C22H31ClN2O6. The van der Waals surface area contributed by atoms with Crippen LogP contribution in [0.4, 0.5) is 10.5 Å². The molecule has 9 heteroatoms. The first kappa shape index (κ1) is 25.0. The van der Waals surface area contributed by atoms with Crippen molar-refractivity contribution in [2.75, 3.05) is 46.4 Å². The fraction of sp³-hybridized carbons (Fsp3) is 0.500. The van der Waals surface area contributed by atoms with Gasteiger partial charge in [0, 0.05) is 27.2 Å². The summed E-state index contributed by atoms with van der Waals surface area (Å²) in [7, 11) is 4.70. The number of ether oxygens (including phenoxy) is 4. The van der Waals surface area contributed by atoms with Crippen LogP contribution >= 0.6 is 11.6 Å². The second kappa shape index (κ2) is 12.0. The highest BCUT2D eigenvalue weighted by molar-refractivity contribution is 6.34. The third kappa shape index (κ3) is 7.14. The number of amides is 1. The van der Waals surface area contributed by atoms with E-state index in [0.29, 0.717) is 30.3 Å². The molecule has 3 N–H and O–H groups in total. The van der Waals surface area contributed by atoms with Crippen LogP contribution in [0.25, 0.3) is 0 Å². The van der Waals surface area contributed by atoms with Gasteiger partial charge in [-0.15, -0.1) is 0 Å². The van der Waals surface area contributed by atoms with Gasteiger partial charge < -0.3 is 29.4 Å². The minimum absolute atomic E-state index is 0.129. The van der Waals surface area contributed by atoms with Crippen LogP contribution in [0, 0.1) is 0 Å². The van der Waals surface area contributed by atoms with Crippen molar-refractivity contribution in [2.45, 2.75) is 31.6 Å². The summed E-state index contributed by atoms with van der Waals surface area (Å²) in [6.45, 7) is 3.32.